The molecule has 27 heavy (non-hydrogen) atoms. The van der Waals surface area contributed by atoms with Crippen molar-refractivity contribution in [2.75, 3.05) is 37.8 Å². The average Bonchev–Trinajstić information content (AvgIpc) is 2.71. The van der Waals surface area contributed by atoms with Gasteiger partial charge in [0.1, 0.15) is 11.0 Å². The molecule has 0 amide bonds. The number of hydrogen-bond donors (Lipinski definition) is 3. The van der Waals surface area contributed by atoms with Crippen LogP contribution in [0.3, 0.4) is 0 Å². The number of nitriles is 1. The molecule has 3 atom stereocenters. The molecule has 2 saturated heterocycles. The highest BCUT2D eigenvalue weighted by molar-refractivity contribution is 8.01. The van der Waals surface area contributed by atoms with Crippen molar-refractivity contribution in [1.29, 1.82) is 5.26 Å². The third kappa shape index (κ3) is 5.23. The lowest BCUT2D eigenvalue weighted by molar-refractivity contribution is -0.168. The van der Waals surface area contributed by atoms with Crippen molar-refractivity contribution in [2.45, 2.75) is 31.8 Å². The molecule has 2 fully saturated rings. The summed E-state index contributed by atoms with van der Waals surface area (Å²) in [5.41, 5.74) is 2.98. The summed E-state index contributed by atoms with van der Waals surface area (Å²) >= 11 is 1.16. The van der Waals surface area contributed by atoms with Gasteiger partial charge >= 0.3 is 0 Å². The quantitative estimate of drug-likeness (QED) is 0.513. The first-order valence-corrected chi connectivity index (χ1v) is 9.84. The van der Waals surface area contributed by atoms with Crippen LogP contribution in [-0.4, -0.2) is 61.6 Å². The molecule has 3 N–H and O–H groups in total. The van der Waals surface area contributed by atoms with Gasteiger partial charge in [-0.2, -0.15) is 5.26 Å². The lowest BCUT2D eigenvalue weighted by Gasteiger charge is -2.31. The van der Waals surface area contributed by atoms with E-state index in [4.69, 9.17) is 9.47 Å². The maximum absolute atomic E-state index is 9.86. The van der Waals surface area contributed by atoms with E-state index < -0.39 is 18.4 Å². The molecular weight excluding hydrogens is 366 g/mol. The summed E-state index contributed by atoms with van der Waals surface area (Å²) in [6, 6.07) is 9.93. The zero-order valence-corrected chi connectivity index (χ0v) is 16.1. The number of nitrogens with one attached hydrogen (secondary N) is 1. The van der Waals surface area contributed by atoms with Gasteiger partial charge in [-0.25, -0.2) is 0 Å². The third-order valence-corrected chi connectivity index (χ3v) is 5.78. The molecule has 1 aromatic rings. The fourth-order valence-corrected chi connectivity index (χ4v) is 3.90. The highest BCUT2D eigenvalue weighted by atomic mass is 32.2. The number of nitrogens with zero attached hydrogens (tertiary/aromatic N) is 2. The summed E-state index contributed by atoms with van der Waals surface area (Å²) in [7, 11) is 0. The number of hydrogen-bond acceptors (Lipinski definition) is 8. The molecule has 0 aliphatic carbocycles. The Balaban J connectivity index is 1.66. The minimum atomic E-state index is -0.992. The Morgan fingerprint density at radius 1 is 1.26 bits per heavy atom. The van der Waals surface area contributed by atoms with E-state index in [1.165, 1.54) is 0 Å². The minimum Gasteiger partial charge on any atom is -0.391 e. The first-order valence-electron chi connectivity index (χ1n) is 9.02. The normalized spacial score (nSPS) is 27.0. The van der Waals surface area contributed by atoms with Crippen LogP contribution in [0.1, 0.15) is 18.9 Å². The van der Waals surface area contributed by atoms with Gasteiger partial charge in [0.25, 0.3) is 0 Å². The number of anilines is 1. The Morgan fingerprint density at radius 3 is 2.63 bits per heavy atom. The van der Waals surface area contributed by atoms with E-state index in [-0.39, 0.29) is 6.61 Å². The zero-order valence-electron chi connectivity index (χ0n) is 15.3. The zero-order chi connectivity index (χ0) is 19.2. The minimum absolute atomic E-state index is 0.124. The number of aliphatic hydroxyl groups excluding tert-OH is 2. The fraction of sp³-hybridized carbons (Fsp3) is 0.526. The molecule has 0 spiro atoms. The van der Waals surface area contributed by atoms with Crippen LogP contribution in [0.4, 0.5) is 5.69 Å². The summed E-state index contributed by atoms with van der Waals surface area (Å²) in [6.07, 6.45) is -1.23. The van der Waals surface area contributed by atoms with Gasteiger partial charge in [-0.1, -0.05) is 12.1 Å². The van der Waals surface area contributed by atoms with Crippen molar-refractivity contribution < 1.29 is 19.7 Å². The molecule has 0 bridgehead atoms. The van der Waals surface area contributed by atoms with Crippen molar-refractivity contribution in [3.8, 4) is 6.07 Å². The highest BCUT2D eigenvalue weighted by Crippen LogP contribution is 2.28. The SMILES string of the molecule is C/C(=C(/C#N)SN[C@@H]1CC(O)COC1O)c1ccc(N2CCOCC2)cc1. The van der Waals surface area contributed by atoms with Gasteiger partial charge in [-0.15, -0.1) is 0 Å². The number of allylic oxidation sites excluding steroid dienone is 2. The van der Waals surface area contributed by atoms with Crippen LogP contribution in [-0.2, 0) is 9.47 Å². The van der Waals surface area contributed by atoms with Crippen molar-refractivity contribution in [3.63, 3.8) is 0 Å². The Labute approximate surface area is 163 Å². The lowest BCUT2D eigenvalue weighted by Crippen LogP contribution is -2.46. The molecule has 0 saturated carbocycles. The summed E-state index contributed by atoms with van der Waals surface area (Å²) < 4.78 is 13.5. The van der Waals surface area contributed by atoms with Crippen molar-refractivity contribution in [2.24, 2.45) is 0 Å². The van der Waals surface area contributed by atoms with Crippen LogP contribution >= 0.6 is 11.9 Å². The second kappa shape index (κ2) is 9.55. The molecular formula is C19H25N3O4S. The monoisotopic (exact) mass is 391 g/mol. The summed E-state index contributed by atoms with van der Waals surface area (Å²) in [4.78, 5) is 2.80. The van der Waals surface area contributed by atoms with E-state index in [0.29, 0.717) is 11.3 Å². The third-order valence-electron chi connectivity index (χ3n) is 4.76. The predicted molar refractivity (Wildman–Crippen MR) is 105 cm³/mol. The molecule has 1 aromatic carbocycles. The number of aliphatic hydroxyl groups is 2. The van der Waals surface area contributed by atoms with E-state index in [1.54, 1.807) is 0 Å². The van der Waals surface area contributed by atoms with Crippen LogP contribution in [0.25, 0.3) is 5.57 Å². The van der Waals surface area contributed by atoms with E-state index in [1.807, 2.05) is 19.1 Å². The molecule has 7 nitrogen and oxygen atoms in total. The number of morpholine rings is 1. The summed E-state index contributed by atoms with van der Waals surface area (Å²) in [6.45, 7) is 5.28. The second-order valence-electron chi connectivity index (χ2n) is 6.65. The van der Waals surface area contributed by atoms with Crippen molar-refractivity contribution in [1.82, 2.24) is 4.72 Å². The topological polar surface area (TPSA) is 98.0 Å². The van der Waals surface area contributed by atoms with E-state index in [0.717, 1.165) is 55.1 Å². The molecule has 8 heteroatoms. The Kier molecular flexibility index (Phi) is 7.13. The molecule has 2 heterocycles. The molecule has 0 aromatic heterocycles. The molecule has 2 unspecified atom stereocenters. The van der Waals surface area contributed by atoms with Crippen LogP contribution in [0.5, 0.6) is 0 Å². The van der Waals surface area contributed by atoms with Gasteiger partial charge in [-0.05, 0) is 48.6 Å². The number of rotatable bonds is 5. The van der Waals surface area contributed by atoms with Gasteiger partial charge in [-0.3, -0.25) is 4.72 Å². The van der Waals surface area contributed by atoms with Gasteiger partial charge in [0, 0.05) is 18.8 Å². The van der Waals surface area contributed by atoms with Crippen molar-refractivity contribution in [3.05, 3.63) is 34.7 Å². The van der Waals surface area contributed by atoms with Gasteiger partial charge < -0.3 is 24.6 Å². The van der Waals surface area contributed by atoms with E-state index >= 15 is 0 Å². The molecule has 2 aliphatic rings. The maximum atomic E-state index is 9.86. The summed E-state index contributed by atoms with van der Waals surface area (Å²) in [5, 5.41) is 29.1. The maximum Gasteiger partial charge on any atom is 0.171 e. The Morgan fingerprint density at radius 2 is 1.96 bits per heavy atom. The molecule has 0 radical (unpaired) electrons. The smallest absolute Gasteiger partial charge is 0.171 e. The van der Waals surface area contributed by atoms with Crippen LogP contribution in [0, 0.1) is 11.3 Å². The molecule has 146 valence electrons. The summed E-state index contributed by atoms with van der Waals surface area (Å²) in [5.74, 6) is 0. The average molecular weight is 391 g/mol. The number of ether oxygens (including phenoxy) is 2. The van der Waals surface area contributed by atoms with Crippen LogP contribution < -0.4 is 9.62 Å². The molecule has 3 rings (SSSR count). The van der Waals surface area contributed by atoms with E-state index in [9.17, 15) is 15.5 Å². The highest BCUT2D eigenvalue weighted by Gasteiger charge is 2.29. The number of benzene rings is 1. The van der Waals surface area contributed by atoms with Crippen LogP contribution in [0.15, 0.2) is 29.2 Å². The molecule has 2 aliphatic heterocycles. The lowest BCUT2D eigenvalue weighted by atomic mass is 10.1. The largest absolute Gasteiger partial charge is 0.391 e. The van der Waals surface area contributed by atoms with E-state index in [2.05, 4.69) is 27.8 Å². The van der Waals surface area contributed by atoms with Crippen LogP contribution in [0.2, 0.25) is 0 Å². The van der Waals surface area contributed by atoms with Gasteiger partial charge in [0.05, 0.1) is 32.0 Å². The Hall–Kier alpha value is -1.60. The Bertz CT molecular complexity index is 698. The second-order valence-corrected chi connectivity index (χ2v) is 7.50. The van der Waals surface area contributed by atoms with Gasteiger partial charge in [0.2, 0.25) is 0 Å². The van der Waals surface area contributed by atoms with Crippen molar-refractivity contribution >= 4 is 23.2 Å². The van der Waals surface area contributed by atoms with Gasteiger partial charge in [0.15, 0.2) is 6.29 Å². The first kappa shape index (κ1) is 20.1. The fourth-order valence-electron chi connectivity index (χ4n) is 3.10. The predicted octanol–water partition coefficient (Wildman–Crippen LogP) is 1.48. The standard InChI is InChI=1S/C19H25N3O4S/c1-13(14-2-4-15(5-3-14)22-6-8-25-9-7-22)18(11-20)27-21-17-10-16(23)12-26-19(17)24/h2-5,16-17,19,21,23-24H,6-10,12H2,1H3/b18-13+/t16?,17-,19?/m1/s1. The first-order chi connectivity index (χ1) is 13.1.